The summed E-state index contributed by atoms with van der Waals surface area (Å²) in [6.45, 7) is 7.16. The quantitative estimate of drug-likeness (QED) is 0.586. The van der Waals surface area contributed by atoms with Gasteiger partial charge in [0.1, 0.15) is 0 Å². The summed E-state index contributed by atoms with van der Waals surface area (Å²) in [7, 11) is 0. The van der Waals surface area contributed by atoms with E-state index in [1.807, 2.05) is 18.7 Å². The van der Waals surface area contributed by atoms with Crippen molar-refractivity contribution >= 4 is 23.3 Å². The second-order valence-electron chi connectivity index (χ2n) is 4.46. The molecule has 0 bridgehead atoms. The molecule has 0 atom stereocenters. The second kappa shape index (κ2) is 8.14. The summed E-state index contributed by atoms with van der Waals surface area (Å²) in [4.78, 5) is 25.6. The number of hydrogen-bond donors (Lipinski definition) is 2. The number of nitrogens with two attached hydrogens (primary N) is 1. The highest BCUT2D eigenvalue weighted by atomic mass is 16.5. The summed E-state index contributed by atoms with van der Waals surface area (Å²) in [5, 5.41) is 2.74. The van der Waals surface area contributed by atoms with E-state index in [-0.39, 0.29) is 19.1 Å². The number of likely N-dealkylation sites (N-methyl/N-ethyl adjacent to an activating group) is 2. The lowest BCUT2D eigenvalue weighted by Gasteiger charge is -2.24. The number of carbonyl (C=O) groups is 2. The lowest BCUT2D eigenvalue weighted by Crippen LogP contribution is -2.37. The molecule has 0 saturated carbocycles. The normalized spacial score (nSPS) is 10.0. The Morgan fingerprint density at radius 1 is 1.29 bits per heavy atom. The lowest BCUT2D eigenvalue weighted by molar-refractivity contribution is -0.119. The third-order valence-corrected chi connectivity index (χ3v) is 2.95. The van der Waals surface area contributed by atoms with Gasteiger partial charge in [-0.3, -0.25) is 4.79 Å². The van der Waals surface area contributed by atoms with E-state index in [9.17, 15) is 9.59 Å². The van der Waals surface area contributed by atoms with Crippen LogP contribution in [0.25, 0.3) is 0 Å². The second-order valence-corrected chi connectivity index (χ2v) is 4.46. The van der Waals surface area contributed by atoms with Gasteiger partial charge in [0.25, 0.3) is 0 Å². The first-order valence-corrected chi connectivity index (χ1v) is 7.11. The van der Waals surface area contributed by atoms with Crippen LogP contribution in [-0.4, -0.2) is 38.1 Å². The summed E-state index contributed by atoms with van der Waals surface area (Å²) in [5.41, 5.74) is 7.26. The van der Waals surface area contributed by atoms with Gasteiger partial charge in [-0.2, -0.15) is 0 Å². The molecular formula is C15H23N3O3. The molecule has 6 nitrogen and oxygen atoms in total. The van der Waals surface area contributed by atoms with Gasteiger partial charge >= 0.3 is 5.97 Å². The zero-order valence-electron chi connectivity index (χ0n) is 12.8. The maximum atomic E-state index is 12.0. The molecule has 0 spiro atoms. The SMILES string of the molecule is CCNC(=O)CN(CC)c1ccc(N)cc1C(=O)OCC. The molecule has 0 radical (unpaired) electrons. The number of ether oxygens (including phenoxy) is 1. The largest absolute Gasteiger partial charge is 0.462 e. The van der Waals surface area contributed by atoms with Crippen molar-refractivity contribution in [3.63, 3.8) is 0 Å². The molecule has 116 valence electrons. The van der Waals surface area contributed by atoms with Crippen molar-refractivity contribution < 1.29 is 14.3 Å². The molecule has 0 aliphatic rings. The average molecular weight is 293 g/mol. The highest BCUT2D eigenvalue weighted by molar-refractivity contribution is 5.97. The summed E-state index contributed by atoms with van der Waals surface area (Å²) in [6, 6.07) is 5.02. The van der Waals surface area contributed by atoms with Gasteiger partial charge in [0.2, 0.25) is 5.91 Å². The Labute approximate surface area is 125 Å². The third kappa shape index (κ3) is 4.66. The van der Waals surface area contributed by atoms with Crippen molar-refractivity contribution in [2.75, 3.05) is 36.9 Å². The Bertz CT molecular complexity index is 503. The lowest BCUT2D eigenvalue weighted by atomic mass is 10.1. The predicted octanol–water partition coefficient (Wildman–Crippen LogP) is 1.41. The number of anilines is 2. The smallest absolute Gasteiger partial charge is 0.340 e. The topological polar surface area (TPSA) is 84.7 Å². The molecule has 6 heteroatoms. The number of hydrogen-bond acceptors (Lipinski definition) is 5. The van der Waals surface area contributed by atoms with Crippen LogP contribution in [0.2, 0.25) is 0 Å². The van der Waals surface area contributed by atoms with Gasteiger partial charge in [-0.25, -0.2) is 4.79 Å². The highest BCUT2D eigenvalue weighted by Gasteiger charge is 2.18. The van der Waals surface area contributed by atoms with Gasteiger partial charge in [0.05, 0.1) is 24.4 Å². The van der Waals surface area contributed by atoms with Crippen molar-refractivity contribution in [3.05, 3.63) is 23.8 Å². The number of nitrogen functional groups attached to an aromatic ring is 1. The zero-order valence-corrected chi connectivity index (χ0v) is 12.8. The first-order valence-electron chi connectivity index (χ1n) is 7.11. The van der Waals surface area contributed by atoms with E-state index in [2.05, 4.69) is 5.32 Å². The van der Waals surface area contributed by atoms with Crippen LogP contribution >= 0.6 is 0 Å². The number of benzene rings is 1. The minimum absolute atomic E-state index is 0.0917. The fourth-order valence-corrected chi connectivity index (χ4v) is 2.00. The number of nitrogens with one attached hydrogen (secondary N) is 1. The fraction of sp³-hybridized carbons (Fsp3) is 0.467. The minimum atomic E-state index is -0.436. The van der Waals surface area contributed by atoms with Crippen molar-refractivity contribution in [3.8, 4) is 0 Å². The van der Waals surface area contributed by atoms with Crippen LogP contribution in [0.15, 0.2) is 18.2 Å². The fourth-order valence-electron chi connectivity index (χ4n) is 2.00. The standard InChI is InChI=1S/C15H23N3O3/c1-4-17-14(19)10-18(5-2)13-8-7-11(16)9-12(13)15(20)21-6-3/h7-9H,4-6,10,16H2,1-3H3,(H,17,19). The molecular weight excluding hydrogens is 270 g/mol. The molecule has 0 aliphatic heterocycles. The van der Waals surface area contributed by atoms with Gasteiger partial charge in [0.15, 0.2) is 0 Å². The van der Waals surface area contributed by atoms with Gasteiger partial charge in [-0.15, -0.1) is 0 Å². The van der Waals surface area contributed by atoms with E-state index in [1.54, 1.807) is 25.1 Å². The monoisotopic (exact) mass is 293 g/mol. The molecule has 0 aromatic heterocycles. The third-order valence-electron chi connectivity index (χ3n) is 2.95. The van der Waals surface area contributed by atoms with E-state index in [1.165, 1.54) is 0 Å². The maximum absolute atomic E-state index is 12.0. The van der Waals surface area contributed by atoms with Crippen LogP contribution in [0.5, 0.6) is 0 Å². The first-order chi connectivity index (χ1) is 10.0. The Balaban J connectivity index is 3.07. The number of rotatable bonds is 7. The molecule has 21 heavy (non-hydrogen) atoms. The molecule has 0 saturated heterocycles. The van der Waals surface area contributed by atoms with Gasteiger partial charge in [-0.1, -0.05) is 0 Å². The van der Waals surface area contributed by atoms with Crippen LogP contribution in [0.4, 0.5) is 11.4 Å². The molecule has 1 aromatic rings. The van der Waals surface area contributed by atoms with Crippen LogP contribution in [0.1, 0.15) is 31.1 Å². The maximum Gasteiger partial charge on any atom is 0.340 e. The molecule has 3 N–H and O–H groups in total. The molecule has 1 aromatic carbocycles. The van der Waals surface area contributed by atoms with Crippen molar-refractivity contribution in [2.45, 2.75) is 20.8 Å². The van der Waals surface area contributed by atoms with Crippen LogP contribution in [-0.2, 0) is 9.53 Å². The van der Waals surface area contributed by atoms with Crippen molar-refractivity contribution in [1.82, 2.24) is 5.32 Å². The van der Waals surface area contributed by atoms with E-state index in [0.717, 1.165) is 0 Å². The van der Waals surface area contributed by atoms with Crippen LogP contribution in [0.3, 0.4) is 0 Å². The van der Waals surface area contributed by atoms with E-state index < -0.39 is 5.97 Å². The molecule has 0 fully saturated rings. The molecule has 1 amide bonds. The average Bonchev–Trinajstić information content (AvgIpc) is 2.45. The first kappa shape index (κ1) is 16.8. The number of carbonyl (C=O) groups excluding carboxylic acids is 2. The van der Waals surface area contributed by atoms with Crippen LogP contribution in [0, 0.1) is 0 Å². The number of esters is 1. The highest BCUT2D eigenvalue weighted by Crippen LogP contribution is 2.24. The Morgan fingerprint density at radius 2 is 2.00 bits per heavy atom. The van der Waals surface area contributed by atoms with Gasteiger partial charge in [-0.05, 0) is 39.0 Å². The van der Waals surface area contributed by atoms with Crippen molar-refractivity contribution in [2.24, 2.45) is 0 Å². The molecule has 1 rings (SSSR count). The van der Waals surface area contributed by atoms with E-state index >= 15 is 0 Å². The summed E-state index contributed by atoms with van der Waals surface area (Å²) in [5.74, 6) is -0.528. The minimum Gasteiger partial charge on any atom is -0.462 e. The molecule has 0 aliphatic carbocycles. The van der Waals surface area contributed by atoms with Gasteiger partial charge < -0.3 is 20.7 Å². The van der Waals surface area contributed by atoms with Crippen molar-refractivity contribution in [1.29, 1.82) is 0 Å². The molecule has 0 heterocycles. The Kier molecular flexibility index (Phi) is 6.52. The van der Waals surface area contributed by atoms with E-state index in [4.69, 9.17) is 10.5 Å². The number of nitrogens with zero attached hydrogens (tertiary/aromatic N) is 1. The summed E-state index contributed by atoms with van der Waals surface area (Å²) >= 11 is 0. The Morgan fingerprint density at radius 3 is 2.57 bits per heavy atom. The Hall–Kier alpha value is -2.24. The zero-order chi connectivity index (χ0) is 15.8. The van der Waals surface area contributed by atoms with E-state index in [0.29, 0.717) is 30.0 Å². The predicted molar refractivity (Wildman–Crippen MR) is 83.4 cm³/mol. The summed E-state index contributed by atoms with van der Waals surface area (Å²) < 4.78 is 5.05. The summed E-state index contributed by atoms with van der Waals surface area (Å²) in [6.07, 6.45) is 0. The molecule has 0 unspecified atom stereocenters. The van der Waals surface area contributed by atoms with Gasteiger partial charge in [0, 0.05) is 18.8 Å². The van der Waals surface area contributed by atoms with Crippen LogP contribution < -0.4 is 16.0 Å². The number of amides is 1.